The van der Waals surface area contributed by atoms with Crippen molar-refractivity contribution in [2.75, 3.05) is 6.54 Å². The highest BCUT2D eigenvalue weighted by atomic mass is 15.4. The standard InChI is InChI=1S/C24H21N7/c1-15-6-8-26-13-21(15)17-3-5-22-20(11-17)24(29-27-22)23-14-31(30-28-23)19-4-2-18-12-25-9-7-16(18)10-19/h2-6,8,10-11,13-14,25H,7,9,12H2,1H3,(H,27,29). The molecule has 1 aliphatic rings. The summed E-state index contributed by atoms with van der Waals surface area (Å²) in [6, 6.07) is 14.8. The third-order valence-corrected chi connectivity index (χ3v) is 5.99. The van der Waals surface area contributed by atoms with Crippen LogP contribution in [0.15, 0.2) is 61.1 Å². The Hall–Kier alpha value is -3.84. The Bertz CT molecular complexity index is 1410. The fourth-order valence-electron chi connectivity index (χ4n) is 4.25. The summed E-state index contributed by atoms with van der Waals surface area (Å²) < 4.78 is 1.83. The van der Waals surface area contributed by atoms with E-state index in [1.807, 2.05) is 29.3 Å². The quantitative estimate of drug-likeness (QED) is 0.475. The Morgan fingerprint density at radius 3 is 2.94 bits per heavy atom. The number of nitrogens with one attached hydrogen (secondary N) is 2. The lowest BCUT2D eigenvalue weighted by Crippen LogP contribution is -2.23. The lowest BCUT2D eigenvalue weighted by molar-refractivity contribution is 0.642. The summed E-state index contributed by atoms with van der Waals surface area (Å²) in [4.78, 5) is 4.28. The van der Waals surface area contributed by atoms with Crippen LogP contribution < -0.4 is 5.32 Å². The van der Waals surface area contributed by atoms with Gasteiger partial charge in [0.2, 0.25) is 0 Å². The molecule has 0 saturated carbocycles. The van der Waals surface area contributed by atoms with Crippen LogP contribution in [0.4, 0.5) is 0 Å². The number of aromatic nitrogens is 6. The molecule has 0 spiro atoms. The van der Waals surface area contributed by atoms with Crippen LogP contribution in [0.1, 0.15) is 16.7 Å². The minimum atomic E-state index is 0.741. The zero-order chi connectivity index (χ0) is 20.8. The molecule has 2 aromatic carbocycles. The molecule has 0 aliphatic carbocycles. The van der Waals surface area contributed by atoms with Crippen molar-refractivity contribution in [3.63, 3.8) is 0 Å². The van der Waals surface area contributed by atoms with E-state index in [9.17, 15) is 0 Å². The third-order valence-electron chi connectivity index (χ3n) is 5.99. The van der Waals surface area contributed by atoms with Gasteiger partial charge in [-0.3, -0.25) is 10.1 Å². The van der Waals surface area contributed by atoms with E-state index >= 15 is 0 Å². The molecule has 1 aliphatic heterocycles. The van der Waals surface area contributed by atoms with E-state index in [0.717, 1.165) is 58.6 Å². The number of rotatable bonds is 3. The van der Waals surface area contributed by atoms with Crippen molar-refractivity contribution in [3.8, 4) is 28.2 Å². The first-order valence-electron chi connectivity index (χ1n) is 10.4. The summed E-state index contributed by atoms with van der Waals surface area (Å²) >= 11 is 0. The van der Waals surface area contributed by atoms with E-state index in [0.29, 0.717) is 0 Å². The number of hydrogen-bond acceptors (Lipinski definition) is 5. The van der Waals surface area contributed by atoms with E-state index < -0.39 is 0 Å². The Labute approximate surface area is 179 Å². The fourth-order valence-corrected chi connectivity index (χ4v) is 4.25. The molecule has 6 rings (SSSR count). The van der Waals surface area contributed by atoms with Crippen LogP contribution >= 0.6 is 0 Å². The zero-order valence-corrected chi connectivity index (χ0v) is 17.1. The number of H-pyrrole nitrogens is 1. The van der Waals surface area contributed by atoms with Crippen molar-refractivity contribution in [3.05, 3.63) is 77.7 Å². The smallest absolute Gasteiger partial charge is 0.134 e. The number of pyridine rings is 1. The van der Waals surface area contributed by atoms with Gasteiger partial charge in [0.15, 0.2) is 0 Å². The molecule has 0 unspecified atom stereocenters. The van der Waals surface area contributed by atoms with Gasteiger partial charge in [0.05, 0.1) is 17.4 Å². The molecule has 152 valence electrons. The van der Waals surface area contributed by atoms with Crippen LogP contribution in [-0.4, -0.2) is 36.7 Å². The minimum Gasteiger partial charge on any atom is -0.312 e. The van der Waals surface area contributed by atoms with Gasteiger partial charge in [-0.1, -0.05) is 17.3 Å². The number of aromatic amines is 1. The number of fused-ring (bicyclic) bond motifs is 2. The SMILES string of the molecule is Cc1ccncc1-c1ccc2[nH]nc(-c3cn(-c4ccc5c(c4)CCNC5)nn3)c2c1. The van der Waals surface area contributed by atoms with Crippen molar-refractivity contribution < 1.29 is 0 Å². The van der Waals surface area contributed by atoms with Gasteiger partial charge in [0, 0.05) is 29.9 Å². The second-order valence-electron chi connectivity index (χ2n) is 7.95. The topological polar surface area (TPSA) is 84.3 Å². The molecule has 0 radical (unpaired) electrons. The van der Waals surface area contributed by atoms with Crippen LogP contribution in [0.25, 0.3) is 39.1 Å². The predicted octanol–water partition coefficient (Wildman–Crippen LogP) is 3.83. The Morgan fingerprint density at radius 2 is 2.00 bits per heavy atom. The van der Waals surface area contributed by atoms with Crippen molar-refractivity contribution in [2.45, 2.75) is 19.9 Å². The summed E-state index contributed by atoms with van der Waals surface area (Å²) in [5, 5.41) is 20.9. The average molecular weight is 407 g/mol. The van der Waals surface area contributed by atoms with Gasteiger partial charge in [-0.2, -0.15) is 5.10 Å². The first kappa shape index (κ1) is 18.0. The van der Waals surface area contributed by atoms with Crippen molar-refractivity contribution >= 4 is 10.9 Å². The lowest BCUT2D eigenvalue weighted by Gasteiger charge is -2.17. The summed E-state index contributed by atoms with van der Waals surface area (Å²) in [5.74, 6) is 0. The molecular weight excluding hydrogens is 386 g/mol. The summed E-state index contributed by atoms with van der Waals surface area (Å²) in [6.45, 7) is 4.03. The largest absolute Gasteiger partial charge is 0.312 e. The maximum absolute atomic E-state index is 4.54. The molecule has 31 heavy (non-hydrogen) atoms. The van der Waals surface area contributed by atoms with E-state index in [2.05, 4.69) is 74.1 Å². The molecule has 0 saturated heterocycles. The Morgan fingerprint density at radius 1 is 1.03 bits per heavy atom. The van der Waals surface area contributed by atoms with Gasteiger partial charge in [0.25, 0.3) is 0 Å². The van der Waals surface area contributed by atoms with Gasteiger partial charge >= 0.3 is 0 Å². The third kappa shape index (κ3) is 3.10. The molecule has 0 atom stereocenters. The number of aryl methyl sites for hydroxylation is 1. The molecule has 5 aromatic rings. The highest BCUT2D eigenvalue weighted by molar-refractivity contribution is 5.95. The van der Waals surface area contributed by atoms with Crippen molar-refractivity contribution in [1.29, 1.82) is 0 Å². The average Bonchev–Trinajstić information content (AvgIpc) is 3.46. The molecule has 2 N–H and O–H groups in total. The summed E-state index contributed by atoms with van der Waals surface area (Å²) in [5.41, 5.74) is 9.66. The molecule has 0 amide bonds. The molecule has 0 bridgehead atoms. The molecule has 3 aromatic heterocycles. The molecule has 7 heteroatoms. The van der Waals surface area contributed by atoms with Gasteiger partial charge in [-0.15, -0.1) is 5.10 Å². The molecule has 7 nitrogen and oxygen atoms in total. The van der Waals surface area contributed by atoms with Crippen LogP contribution in [-0.2, 0) is 13.0 Å². The maximum Gasteiger partial charge on any atom is 0.134 e. The second kappa shape index (κ2) is 7.14. The zero-order valence-electron chi connectivity index (χ0n) is 17.1. The Balaban J connectivity index is 1.40. The van der Waals surface area contributed by atoms with Gasteiger partial charge in [-0.25, -0.2) is 4.68 Å². The normalized spacial score (nSPS) is 13.5. The van der Waals surface area contributed by atoms with Gasteiger partial charge in [0.1, 0.15) is 11.4 Å². The maximum atomic E-state index is 4.54. The van der Waals surface area contributed by atoms with Crippen LogP contribution in [0.2, 0.25) is 0 Å². The van der Waals surface area contributed by atoms with Gasteiger partial charge < -0.3 is 5.32 Å². The number of hydrogen-bond donors (Lipinski definition) is 2. The van der Waals surface area contributed by atoms with Gasteiger partial charge in [-0.05, 0) is 72.5 Å². The summed E-state index contributed by atoms with van der Waals surface area (Å²) in [7, 11) is 0. The van der Waals surface area contributed by atoms with Crippen LogP contribution in [0.3, 0.4) is 0 Å². The van der Waals surface area contributed by atoms with Crippen LogP contribution in [0, 0.1) is 6.92 Å². The van der Waals surface area contributed by atoms with Crippen molar-refractivity contribution in [2.24, 2.45) is 0 Å². The molecule has 4 heterocycles. The van der Waals surface area contributed by atoms with E-state index in [4.69, 9.17) is 0 Å². The highest BCUT2D eigenvalue weighted by Crippen LogP contribution is 2.31. The Kier molecular flexibility index (Phi) is 4.14. The summed E-state index contributed by atoms with van der Waals surface area (Å²) in [6.07, 6.45) is 6.69. The first-order chi connectivity index (χ1) is 15.3. The first-order valence-corrected chi connectivity index (χ1v) is 10.4. The second-order valence-corrected chi connectivity index (χ2v) is 7.95. The molecular formula is C24H21N7. The predicted molar refractivity (Wildman–Crippen MR) is 120 cm³/mol. The van der Waals surface area contributed by atoms with Crippen molar-refractivity contribution in [1.82, 2.24) is 35.5 Å². The number of benzene rings is 2. The number of nitrogens with zero attached hydrogens (tertiary/aromatic N) is 5. The highest BCUT2D eigenvalue weighted by Gasteiger charge is 2.15. The van der Waals surface area contributed by atoms with E-state index in [1.165, 1.54) is 16.7 Å². The van der Waals surface area contributed by atoms with E-state index in [1.54, 1.807) is 0 Å². The van der Waals surface area contributed by atoms with E-state index in [-0.39, 0.29) is 0 Å². The monoisotopic (exact) mass is 407 g/mol. The molecule has 0 fully saturated rings. The van der Waals surface area contributed by atoms with Crippen LogP contribution in [0.5, 0.6) is 0 Å². The fraction of sp³-hybridized carbons (Fsp3) is 0.167. The lowest BCUT2D eigenvalue weighted by atomic mass is 10.0. The minimum absolute atomic E-state index is 0.741.